The lowest BCUT2D eigenvalue weighted by Crippen LogP contribution is -2.39. The van der Waals surface area contributed by atoms with Crippen molar-refractivity contribution < 1.29 is 9.32 Å². The maximum atomic E-state index is 11.8. The van der Waals surface area contributed by atoms with Gasteiger partial charge in [0.05, 0.1) is 10.6 Å². The molecule has 1 atom stereocenters. The molecule has 1 aromatic carbocycles. The molecule has 4 rings (SSSR count). The number of thiophene rings is 1. The van der Waals surface area contributed by atoms with E-state index in [9.17, 15) is 4.79 Å². The van der Waals surface area contributed by atoms with Crippen LogP contribution in [0.4, 0.5) is 5.69 Å². The predicted molar refractivity (Wildman–Crippen MR) is 90.7 cm³/mol. The molecule has 0 spiro atoms. The minimum absolute atomic E-state index is 0.308. The van der Waals surface area contributed by atoms with Gasteiger partial charge in [-0.05, 0) is 23.6 Å². The Balaban J connectivity index is 1.67. The summed E-state index contributed by atoms with van der Waals surface area (Å²) in [7, 11) is 0. The molecule has 7 nitrogen and oxygen atoms in total. The van der Waals surface area contributed by atoms with Crippen LogP contribution in [0.15, 0.2) is 57.5 Å². The molecule has 2 N–H and O–H groups in total. The van der Waals surface area contributed by atoms with E-state index in [1.807, 2.05) is 47.8 Å². The average molecular weight is 339 g/mol. The molecule has 0 saturated heterocycles. The standard InChI is InChI=1S/C16H13N5O2S/c17-14(22)12-9-11(19-21(12)10-5-2-1-3-6-10)16-18-15(20-23-16)13-7-4-8-24-13/h1-8,12H,9H2,(H2,17,22)/t12-/m0/s1. The number of anilines is 1. The van der Waals surface area contributed by atoms with Crippen molar-refractivity contribution in [1.29, 1.82) is 0 Å². The zero-order valence-corrected chi connectivity index (χ0v) is 13.3. The highest BCUT2D eigenvalue weighted by Gasteiger charge is 2.35. The van der Waals surface area contributed by atoms with Gasteiger partial charge in [0.15, 0.2) is 0 Å². The van der Waals surface area contributed by atoms with Crippen LogP contribution in [0.1, 0.15) is 12.3 Å². The van der Waals surface area contributed by atoms with Crippen LogP contribution in [-0.4, -0.2) is 27.8 Å². The van der Waals surface area contributed by atoms with Crippen LogP contribution in [0.5, 0.6) is 0 Å². The van der Waals surface area contributed by atoms with Gasteiger partial charge in [0, 0.05) is 6.42 Å². The molecule has 24 heavy (non-hydrogen) atoms. The van der Waals surface area contributed by atoms with E-state index in [1.54, 1.807) is 5.01 Å². The summed E-state index contributed by atoms with van der Waals surface area (Å²) in [4.78, 5) is 17.1. The molecule has 0 bridgehead atoms. The SMILES string of the molecule is NC(=O)[C@@H]1CC(c2nc(-c3cccs3)no2)=NN1c1ccccc1. The number of aromatic nitrogens is 2. The number of benzene rings is 1. The van der Waals surface area contributed by atoms with Crippen LogP contribution in [0, 0.1) is 0 Å². The van der Waals surface area contributed by atoms with Crippen molar-refractivity contribution >= 4 is 28.6 Å². The smallest absolute Gasteiger partial charge is 0.274 e. The first kappa shape index (κ1) is 14.6. The van der Waals surface area contributed by atoms with Gasteiger partial charge < -0.3 is 10.3 Å². The summed E-state index contributed by atoms with van der Waals surface area (Å²) in [5, 5.41) is 12.0. The molecule has 0 unspecified atom stereocenters. The molecule has 3 aromatic rings. The van der Waals surface area contributed by atoms with Crippen molar-refractivity contribution in [2.45, 2.75) is 12.5 Å². The van der Waals surface area contributed by atoms with E-state index in [0.29, 0.717) is 23.8 Å². The van der Waals surface area contributed by atoms with Gasteiger partial charge in [-0.3, -0.25) is 9.80 Å². The summed E-state index contributed by atoms with van der Waals surface area (Å²) < 4.78 is 5.32. The fourth-order valence-electron chi connectivity index (χ4n) is 2.53. The van der Waals surface area contributed by atoms with Crippen molar-refractivity contribution in [3.05, 3.63) is 53.7 Å². The Hall–Kier alpha value is -3.00. The van der Waals surface area contributed by atoms with E-state index in [2.05, 4.69) is 15.2 Å². The molecule has 8 heteroatoms. The van der Waals surface area contributed by atoms with Crippen LogP contribution in [0.3, 0.4) is 0 Å². The van der Waals surface area contributed by atoms with Crippen LogP contribution in [0.2, 0.25) is 0 Å². The fraction of sp³-hybridized carbons (Fsp3) is 0.125. The number of hydrogen-bond donors (Lipinski definition) is 1. The van der Waals surface area contributed by atoms with Crippen molar-refractivity contribution in [3.8, 4) is 10.7 Å². The molecule has 120 valence electrons. The molecule has 0 saturated carbocycles. The molecule has 1 aliphatic rings. The van der Waals surface area contributed by atoms with Crippen LogP contribution < -0.4 is 10.7 Å². The van der Waals surface area contributed by atoms with Gasteiger partial charge in [0.25, 0.3) is 5.89 Å². The van der Waals surface area contributed by atoms with Crippen LogP contribution in [-0.2, 0) is 4.79 Å². The Labute approximate surface area is 141 Å². The van der Waals surface area contributed by atoms with Gasteiger partial charge in [-0.2, -0.15) is 10.1 Å². The van der Waals surface area contributed by atoms with E-state index in [4.69, 9.17) is 10.3 Å². The third kappa shape index (κ3) is 2.56. The minimum Gasteiger partial charge on any atom is -0.368 e. The predicted octanol–water partition coefficient (Wildman–Crippen LogP) is 2.27. The second-order valence-electron chi connectivity index (χ2n) is 5.25. The zero-order valence-electron chi connectivity index (χ0n) is 12.5. The number of nitrogens with two attached hydrogens (primary N) is 1. The lowest BCUT2D eigenvalue weighted by molar-refractivity contribution is -0.119. The number of primary amides is 1. The van der Waals surface area contributed by atoms with Crippen molar-refractivity contribution in [3.63, 3.8) is 0 Å². The number of nitrogens with zero attached hydrogens (tertiary/aromatic N) is 4. The van der Waals surface area contributed by atoms with Gasteiger partial charge in [-0.1, -0.05) is 29.4 Å². The number of hydrogen-bond acceptors (Lipinski definition) is 7. The number of hydrazone groups is 1. The maximum absolute atomic E-state index is 11.8. The summed E-state index contributed by atoms with van der Waals surface area (Å²) >= 11 is 1.53. The molecule has 3 heterocycles. The first-order valence-corrected chi connectivity index (χ1v) is 8.19. The van der Waals surface area contributed by atoms with E-state index in [1.165, 1.54) is 11.3 Å². The van der Waals surface area contributed by atoms with E-state index < -0.39 is 11.9 Å². The summed E-state index contributed by atoms with van der Waals surface area (Å²) in [5.41, 5.74) is 6.87. The molecular formula is C16H13N5O2S. The van der Waals surface area contributed by atoms with Crippen molar-refractivity contribution in [1.82, 2.24) is 10.1 Å². The lowest BCUT2D eigenvalue weighted by Gasteiger charge is -2.20. The Morgan fingerprint density at radius 2 is 2.08 bits per heavy atom. The van der Waals surface area contributed by atoms with Crippen molar-refractivity contribution in [2.75, 3.05) is 5.01 Å². The first-order valence-electron chi connectivity index (χ1n) is 7.31. The number of carbonyl (C=O) groups is 1. The Kier molecular flexibility index (Phi) is 3.58. The summed E-state index contributed by atoms with van der Waals surface area (Å²) in [6, 6.07) is 12.7. The van der Waals surface area contributed by atoms with Gasteiger partial charge >= 0.3 is 0 Å². The molecule has 1 aliphatic heterocycles. The zero-order chi connectivity index (χ0) is 16.5. The molecule has 0 radical (unpaired) electrons. The molecule has 0 fully saturated rings. The highest BCUT2D eigenvalue weighted by Crippen LogP contribution is 2.27. The lowest BCUT2D eigenvalue weighted by atomic mass is 10.1. The minimum atomic E-state index is -0.570. The quantitative estimate of drug-likeness (QED) is 0.786. The van der Waals surface area contributed by atoms with Gasteiger partial charge in [-0.15, -0.1) is 11.3 Å². The van der Waals surface area contributed by atoms with E-state index in [-0.39, 0.29) is 0 Å². The Bertz CT molecular complexity index is 888. The van der Waals surface area contributed by atoms with E-state index in [0.717, 1.165) is 10.6 Å². The summed E-state index contributed by atoms with van der Waals surface area (Å²) in [6.07, 6.45) is 0.330. The highest BCUT2D eigenvalue weighted by molar-refractivity contribution is 7.13. The largest absolute Gasteiger partial charge is 0.368 e. The number of rotatable bonds is 4. The number of para-hydroxylation sites is 1. The van der Waals surface area contributed by atoms with E-state index >= 15 is 0 Å². The monoisotopic (exact) mass is 339 g/mol. The van der Waals surface area contributed by atoms with Crippen LogP contribution >= 0.6 is 11.3 Å². The summed E-state index contributed by atoms with van der Waals surface area (Å²) in [6.45, 7) is 0. The first-order chi connectivity index (χ1) is 11.7. The second-order valence-corrected chi connectivity index (χ2v) is 6.20. The molecular weight excluding hydrogens is 326 g/mol. The van der Waals surface area contributed by atoms with Crippen LogP contribution in [0.25, 0.3) is 10.7 Å². The maximum Gasteiger partial charge on any atom is 0.274 e. The third-order valence-electron chi connectivity index (χ3n) is 3.67. The molecule has 1 amide bonds. The normalized spacial score (nSPS) is 17.1. The Morgan fingerprint density at radius 1 is 1.25 bits per heavy atom. The number of amides is 1. The summed E-state index contributed by atoms with van der Waals surface area (Å²) in [5.74, 6) is 0.371. The van der Waals surface area contributed by atoms with Gasteiger partial charge in [-0.25, -0.2) is 0 Å². The molecule has 2 aromatic heterocycles. The Morgan fingerprint density at radius 3 is 2.79 bits per heavy atom. The third-order valence-corrected chi connectivity index (χ3v) is 4.54. The average Bonchev–Trinajstić information content (AvgIpc) is 3.33. The fourth-order valence-corrected chi connectivity index (χ4v) is 3.18. The molecule has 0 aliphatic carbocycles. The highest BCUT2D eigenvalue weighted by atomic mass is 32.1. The van der Waals surface area contributed by atoms with Gasteiger partial charge in [0.1, 0.15) is 11.8 Å². The second kappa shape index (κ2) is 5.89. The van der Waals surface area contributed by atoms with Gasteiger partial charge in [0.2, 0.25) is 11.7 Å². The number of carbonyl (C=O) groups excluding carboxylic acids is 1. The topological polar surface area (TPSA) is 97.6 Å². The van der Waals surface area contributed by atoms with Crippen molar-refractivity contribution in [2.24, 2.45) is 10.8 Å².